The number of esters is 1. The fraction of sp³-hybridized carbons (Fsp3) is 0.438. The van der Waals surface area contributed by atoms with Crippen LogP contribution in [0, 0.1) is 5.92 Å². The Bertz CT molecular complexity index is 557. The van der Waals surface area contributed by atoms with Gasteiger partial charge in [-0.2, -0.15) is 0 Å². The molecule has 2 atom stereocenters. The van der Waals surface area contributed by atoms with Crippen LogP contribution in [0.3, 0.4) is 0 Å². The molecule has 118 valence electrons. The second kappa shape index (κ2) is 7.06. The average Bonchev–Trinajstić information content (AvgIpc) is 2.93. The quantitative estimate of drug-likeness (QED) is 0.616. The van der Waals surface area contributed by atoms with Crippen LogP contribution in [0.1, 0.15) is 31.4 Å². The predicted octanol–water partition coefficient (Wildman–Crippen LogP) is 2.30. The van der Waals surface area contributed by atoms with Gasteiger partial charge >= 0.3 is 12.1 Å². The number of imide groups is 1. The minimum Gasteiger partial charge on any atom is -0.468 e. The Hall–Kier alpha value is -2.37. The molecule has 0 radical (unpaired) electrons. The van der Waals surface area contributed by atoms with Crippen molar-refractivity contribution < 1.29 is 23.9 Å². The second-order valence-electron chi connectivity index (χ2n) is 5.08. The summed E-state index contributed by atoms with van der Waals surface area (Å²) in [5.41, 5.74) is 0.793. The van der Waals surface area contributed by atoms with Crippen molar-refractivity contribution in [3.63, 3.8) is 0 Å². The molecule has 2 amide bonds. The maximum absolute atomic E-state index is 12.7. The lowest BCUT2D eigenvalue weighted by atomic mass is 10.00. The highest BCUT2D eigenvalue weighted by Gasteiger charge is 2.43. The first-order chi connectivity index (χ1) is 10.6. The van der Waals surface area contributed by atoms with Crippen LogP contribution in [-0.2, 0) is 19.1 Å². The summed E-state index contributed by atoms with van der Waals surface area (Å²) in [5.74, 6) is -2.17. The third-order valence-electron chi connectivity index (χ3n) is 3.66. The maximum atomic E-state index is 12.7. The van der Waals surface area contributed by atoms with Gasteiger partial charge in [0.1, 0.15) is 18.6 Å². The SMILES string of the molecule is CCCC(C(=O)OC)C(=O)N1C(=O)OC[C@H]1c1ccccc1. The molecule has 0 spiro atoms. The van der Waals surface area contributed by atoms with Crippen LogP contribution in [0.4, 0.5) is 4.79 Å². The van der Waals surface area contributed by atoms with Crippen LogP contribution < -0.4 is 0 Å². The van der Waals surface area contributed by atoms with Crippen LogP contribution in [0.15, 0.2) is 30.3 Å². The highest BCUT2D eigenvalue weighted by atomic mass is 16.6. The normalized spacial score (nSPS) is 18.7. The minimum absolute atomic E-state index is 0.0919. The standard InChI is InChI=1S/C16H19NO5/c1-3-7-12(15(19)21-2)14(18)17-13(10-22-16(17)20)11-8-5-4-6-9-11/h4-6,8-9,12-13H,3,7,10H2,1-2H3/t12?,13-/m0/s1. The molecule has 0 aromatic heterocycles. The number of ether oxygens (including phenoxy) is 2. The van der Waals surface area contributed by atoms with E-state index in [1.54, 1.807) is 0 Å². The first-order valence-electron chi connectivity index (χ1n) is 7.22. The first-order valence-corrected chi connectivity index (χ1v) is 7.22. The second-order valence-corrected chi connectivity index (χ2v) is 5.08. The van der Waals surface area contributed by atoms with Gasteiger partial charge in [-0.15, -0.1) is 0 Å². The minimum atomic E-state index is -0.980. The largest absolute Gasteiger partial charge is 0.468 e. The zero-order chi connectivity index (χ0) is 16.1. The Morgan fingerprint density at radius 3 is 2.64 bits per heavy atom. The van der Waals surface area contributed by atoms with Gasteiger partial charge in [-0.1, -0.05) is 43.7 Å². The molecule has 2 rings (SSSR count). The molecule has 6 heteroatoms. The van der Waals surface area contributed by atoms with E-state index in [1.807, 2.05) is 37.3 Å². The molecule has 1 saturated heterocycles. The molecule has 1 heterocycles. The van der Waals surface area contributed by atoms with E-state index < -0.39 is 29.9 Å². The molecule has 1 aromatic carbocycles. The topological polar surface area (TPSA) is 72.9 Å². The van der Waals surface area contributed by atoms with Crippen molar-refractivity contribution in [2.24, 2.45) is 5.92 Å². The van der Waals surface area contributed by atoms with Gasteiger partial charge in [0, 0.05) is 0 Å². The summed E-state index contributed by atoms with van der Waals surface area (Å²) < 4.78 is 9.69. The fourth-order valence-corrected chi connectivity index (χ4v) is 2.53. The Balaban J connectivity index is 2.28. The maximum Gasteiger partial charge on any atom is 0.417 e. The number of hydrogen-bond donors (Lipinski definition) is 0. The van der Waals surface area contributed by atoms with E-state index in [-0.39, 0.29) is 6.61 Å². The van der Waals surface area contributed by atoms with Crippen LogP contribution >= 0.6 is 0 Å². The van der Waals surface area contributed by atoms with E-state index in [2.05, 4.69) is 4.74 Å². The summed E-state index contributed by atoms with van der Waals surface area (Å²) in [6, 6.07) is 8.63. The summed E-state index contributed by atoms with van der Waals surface area (Å²) in [6.07, 6.45) is 0.241. The Kier molecular flexibility index (Phi) is 5.14. The number of benzene rings is 1. The molecule has 0 N–H and O–H groups in total. The number of nitrogens with zero attached hydrogens (tertiary/aromatic N) is 1. The third kappa shape index (κ3) is 3.10. The Morgan fingerprint density at radius 1 is 1.36 bits per heavy atom. The van der Waals surface area contributed by atoms with E-state index in [4.69, 9.17) is 4.74 Å². The first kappa shape index (κ1) is 16.0. The van der Waals surface area contributed by atoms with Crippen molar-refractivity contribution in [1.29, 1.82) is 0 Å². The number of hydrogen-bond acceptors (Lipinski definition) is 5. The van der Waals surface area contributed by atoms with Crippen LogP contribution in [0.25, 0.3) is 0 Å². The van der Waals surface area contributed by atoms with Gasteiger partial charge in [-0.25, -0.2) is 9.69 Å². The van der Waals surface area contributed by atoms with Gasteiger partial charge in [-0.05, 0) is 12.0 Å². The zero-order valence-electron chi connectivity index (χ0n) is 12.7. The summed E-state index contributed by atoms with van der Waals surface area (Å²) in [4.78, 5) is 37.5. The van der Waals surface area contributed by atoms with Gasteiger partial charge in [0.05, 0.1) is 7.11 Å². The van der Waals surface area contributed by atoms with Gasteiger partial charge < -0.3 is 9.47 Å². The molecule has 0 aliphatic carbocycles. The zero-order valence-corrected chi connectivity index (χ0v) is 12.7. The number of carbonyl (C=O) groups excluding carboxylic acids is 3. The number of rotatable bonds is 5. The number of amides is 2. The van der Waals surface area contributed by atoms with Crippen molar-refractivity contribution in [2.45, 2.75) is 25.8 Å². The fourth-order valence-electron chi connectivity index (χ4n) is 2.53. The van der Waals surface area contributed by atoms with Crippen molar-refractivity contribution >= 4 is 18.0 Å². The van der Waals surface area contributed by atoms with Crippen LogP contribution in [0.5, 0.6) is 0 Å². The van der Waals surface area contributed by atoms with Crippen molar-refractivity contribution in [3.8, 4) is 0 Å². The van der Waals surface area contributed by atoms with E-state index in [1.165, 1.54) is 7.11 Å². The predicted molar refractivity (Wildman–Crippen MR) is 77.8 cm³/mol. The van der Waals surface area contributed by atoms with Crippen LogP contribution in [-0.4, -0.2) is 36.6 Å². The van der Waals surface area contributed by atoms with Gasteiger partial charge in [0.25, 0.3) is 0 Å². The molecule has 1 fully saturated rings. The lowest BCUT2D eigenvalue weighted by molar-refractivity contribution is -0.153. The van der Waals surface area contributed by atoms with Gasteiger partial charge in [-0.3, -0.25) is 9.59 Å². The molecular weight excluding hydrogens is 286 g/mol. The Labute approximate surface area is 129 Å². The van der Waals surface area contributed by atoms with Gasteiger partial charge in [0.15, 0.2) is 0 Å². The molecule has 1 aliphatic heterocycles. The summed E-state index contributed by atoms with van der Waals surface area (Å²) in [5, 5.41) is 0. The number of carbonyl (C=O) groups is 3. The summed E-state index contributed by atoms with van der Waals surface area (Å²) >= 11 is 0. The molecule has 22 heavy (non-hydrogen) atoms. The average molecular weight is 305 g/mol. The summed E-state index contributed by atoms with van der Waals surface area (Å²) in [6.45, 7) is 1.95. The molecular formula is C16H19NO5. The van der Waals surface area contributed by atoms with Crippen molar-refractivity contribution in [1.82, 2.24) is 4.90 Å². The smallest absolute Gasteiger partial charge is 0.417 e. The molecule has 1 aromatic rings. The molecule has 0 bridgehead atoms. The number of cyclic esters (lactones) is 1. The van der Waals surface area contributed by atoms with Crippen LogP contribution in [0.2, 0.25) is 0 Å². The van der Waals surface area contributed by atoms with Crippen molar-refractivity contribution in [2.75, 3.05) is 13.7 Å². The van der Waals surface area contributed by atoms with Crippen molar-refractivity contribution in [3.05, 3.63) is 35.9 Å². The lowest BCUT2D eigenvalue weighted by Crippen LogP contribution is -2.41. The van der Waals surface area contributed by atoms with E-state index >= 15 is 0 Å². The number of methoxy groups -OCH3 is 1. The third-order valence-corrected chi connectivity index (χ3v) is 3.66. The summed E-state index contributed by atoms with van der Waals surface area (Å²) in [7, 11) is 1.23. The molecule has 0 saturated carbocycles. The molecule has 1 unspecified atom stereocenters. The highest BCUT2D eigenvalue weighted by Crippen LogP contribution is 2.30. The van der Waals surface area contributed by atoms with E-state index in [9.17, 15) is 14.4 Å². The molecule has 1 aliphatic rings. The Morgan fingerprint density at radius 2 is 2.05 bits per heavy atom. The lowest BCUT2D eigenvalue weighted by Gasteiger charge is -2.23. The molecule has 6 nitrogen and oxygen atoms in total. The highest BCUT2D eigenvalue weighted by molar-refractivity contribution is 6.04. The van der Waals surface area contributed by atoms with E-state index in [0.29, 0.717) is 12.8 Å². The van der Waals surface area contributed by atoms with Gasteiger partial charge in [0.2, 0.25) is 5.91 Å². The monoisotopic (exact) mass is 305 g/mol. The van der Waals surface area contributed by atoms with E-state index in [0.717, 1.165) is 10.5 Å².